The Hall–Kier alpha value is -8.20. The molecule has 3 spiro atoms. The summed E-state index contributed by atoms with van der Waals surface area (Å²) in [4.78, 5) is 0. The maximum Gasteiger partial charge on any atom is 0.137 e. The smallest absolute Gasteiger partial charge is 0.137 e. The van der Waals surface area contributed by atoms with Crippen molar-refractivity contribution < 1.29 is 4.42 Å². The zero-order valence-corrected chi connectivity index (χ0v) is 41.8. The van der Waals surface area contributed by atoms with Gasteiger partial charge in [-0.2, -0.15) is 0 Å². The highest BCUT2D eigenvalue weighted by atomic mass is 16.3. The van der Waals surface area contributed by atoms with Crippen molar-refractivity contribution in [3.63, 3.8) is 0 Å². The standard InChI is InChI=1S/C73H53NO/c1-2-17-48(18-3-1)74-65-34-33-44(35-59(65)60-36-61-57-26-12-15-32-67(57)75-68(61)37-66(60)74)52-28-16-31-64-69(52)58-27-9-6-21-51(58)47-41-72-39-45(49-19-4-7-22-53(49)55-24-11-14-30-63(55)72)38-71-40-46(42-73(64,43-47)70(71)72)50-20-5-8-23-54(50)56-25-10-13-29-62(56)71/h1-37,45-47,70H,38-43H2. The van der Waals surface area contributed by atoms with Gasteiger partial charge in [-0.05, 0) is 176 Å². The Bertz CT molecular complexity index is 4390. The molecule has 3 fully saturated rings. The van der Waals surface area contributed by atoms with Crippen LogP contribution in [0.2, 0.25) is 0 Å². The average molecular weight is 960 g/mol. The van der Waals surface area contributed by atoms with E-state index < -0.39 is 0 Å². The summed E-state index contributed by atoms with van der Waals surface area (Å²) in [7, 11) is 0. The molecule has 0 amide bonds. The Balaban J connectivity index is 0.953. The quantitative estimate of drug-likeness (QED) is 0.169. The predicted molar refractivity (Wildman–Crippen MR) is 307 cm³/mol. The molecule has 0 saturated heterocycles. The molecular weight excluding hydrogens is 907 g/mol. The molecular formula is C73H53NO. The number of fused-ring (bicyclic) bond motifs is 21. The van der Waals surface area contributed by atoms with Crippen LogP contribution in [0.15, 0.2) is 229 Å². The van der Waals surface area contributed by atoms with E-state index in [1.54, 1.807) is 27.8 Å². The van der Waals surface area contributed by atoms with Crippen molar-refractivity contribution >= 4 is 43.7 Å². The van der Waals surface area contributed by atoms with Crippen molar-refractivity contribution in [1.29, 1.82) is 0 Å². The third-order valence-electron chi connectivity index (χ3n) is 20.5. The first-order valence-corrected chi connectivity index (χ1v) is 27.6. The van der Waals surface area contributed by atoms with Crippen molar-refractivity contribution in [2.75, 3.05) is 0 Å². The maximum absolute atomic E-state index is 6.58. The highest BCUT2D eigenvalue weighted by molar-refractivity contribution is 6.18. The number of nitrogens with zero attached hydrogens (tertiary/aromatic N) is 1. The highest BCUT2D eigenvalue weighted by Crippen LogP contribution is 2.79. The molecule has 0 radical (unpaired) electrons. The monoisotopic (exact) mass is 959 g/mol. The topological polar surface area (TPSA) is 18.1 Å². The van der Waals surface area contributed by atoms with Gasteiger partial charge in [-0.15, -0.1) is 0 Å². The van der Waals surface area contributed by atoms with Gasteiger partial charge in [0.1, 0.15) is 11.2 Å². The van der Waals surface area contributed by atoms with Crippen molar-refractivity contribution in [3.05, 3.63) is 258 Å². The Morgan fingerprint density at radius 3 is 1.48 bits per heavy atom. The van der Waals surface area contributed by atoms with Crippen LogP contribution in [-0.2, 0) is 16.2 Å². The summed E-state index contributed by atoms with van der Waals surface area (Å²) in [6.07, 6.45) is 7.00. The molecule has 3 saturated carbocycles. The molecule has 2 aromatic heterocycles. The third-order valence-corrected chi connectivity index (χ3v) is 20.5. The van der Waals surface area contributed by atoms with Crippen molar-refractivity contribution in [3.8, 4) is 50.2 Å². The molecule has 2 heteroatoms. The Labute approximate surface area is 436 Å². The van der Waals surface area contributed by atoms with Gasteiger partial charge in [0, 0.05) is 49.5 Å². The highest BCUT2D eigenvalue weighted by Gasteiger charge is 2.72. The second-order valence-electron chi connectivity index (χ2n) is 23.7. The van der Waals surface area contributed by atoms with Gasteiger partial charge in [0.05, 0.1) is 11.0 Å². The number of benzene rings is 10. The van der Waals surface area contributed by atoms with E-state index in [0.717, 1.165) is 52.4 Å². The first-order valence-electron chi connectivity index (χ1n) is 27.6. The van der Waals surface area contributed by atoms with Gasteiger partial charge in [-0.25, -0.2) is 0 Å². The fourth-order valence-electron chi connectivity index (χ4n) is 18.5. The fraction of sp³-hybridized carbons (Fsp3) is 0.178. The van der Waals surface area contributed by atoms with Gasteiger partial charge in [0.15, 0.2) is 0 Å². The number of hydrogen-bond donors (Lipinski definition) is 0. The molecule has 0 aliphatic heterocycles. The second kappa shape index (κ2) is 14.6. The van der Waals surface area contributed by atoms with Gasteiger partial charge in [-0.1, -0.05) is 182 Å². The van der Waals surface area contributed by atoms with Gasteiger partial charge < -0.3 is 8.98 Å². The number of hydrogen-bond acceptors (Lipinski definition) is 1. The van der Waals surface area contributed by atoms with Crippen molar-refractivity contribution in [2.45, 2.75) is 72.5 Å². The van der Waals surface area contributed by atoms with Crippen LogP contribution in [0.4, 0.5) is 0 Å². The van der Waals surface area contributed by atoms with E-state index in [1.807, 2.05) is 0 Å². The van der Waals surface area contributed by atoms with Crippen LogP contribution in [0.5, 0.6) is 0 Å². The number of furan rings is 1. The van der Waals surface area contributed by atoms with E-state index in [2.05, 4.69) is 229 Å². The van der Waals surface area contributed by atoms with Crippen LogP contribution in [-0.4, -0.2) is 4.57 Å². The van der Waals surface area contributed by atoms with Crippen LogP contribution >= 0.6 is 0 Å². The molecule has 75 heavy (non-hydrogen) atoms. The normalized spacial score (nSPS) is 25.2. The Morgan fingerprint density at radius 2 is 0.827 bits per heavy atom. The lowest BCUT2D eigenvalue weighted by Crippen LogP contribution is -2.67. The summed E-state index contributed by atoms with van der Waals surface area (Å²) in [6, 6.07) is 87.6. The Kier molecular flexibility index (Phi) is 7.99. The lowest BCUT2D eigenvalue weighted by Gasteiger charge is -2.70. The predicted octanol–water partition coefficient (Wildman–Crippen LogP) is 18.8. The van der Waals surface area contributed by atoms with E-state index in [9.17, 15) is 0 Å². The first-order chi connectivity index (χ1) is 37.1. The molecule has 18 rings (SSSR count). The van der Waals surface area contributed by atoms with Gasteiger partial charge in [0.2, 0.25) is 0 Å². The summed E-state index contributed by atoms with van der Waals surface area (Å²) < 4.78 is 9.03. The fourth-order valence-corrected chi connectivity index (χ4v) is 18.5. The van der Waals surface area contributed by atoms with Crippen LogP contribution in [0.25, 0.3) is 93.9 Å². The summed E-state index contributed by atoms with van der Waals surface area (Å²) in [5.74, 6) is 1.59. The van der Waals surface area contributed by atoms with E-state index in [0.29, 0.717) is 23.7 Å². The molecule has 7 atom stereocenters. The van der Waals surface area contributed by atoms with Crippen LogP contribution < -0.4 is 0 Å². The summed E-state index contributed by atoms with van der Waals surface area (Å²) in [5.41, 5.74) is 25.9. The summed E-state index contributed by atoms with van der Waals surface area (Å²) in [6.45, 7) is 0. The molecule has 12 aromatic rings. The van der Waals surface area contributed by atoms with Crippen LogP contribution in [0.1, 0.15) is 89.7 Å². The zero-order chi connectivity index (χ0) is 48.8. The average Bonchev–Trinajstić information content (AvgIpc) is 4.18. The minimum absolute atomic E-state index is 0.0818. The Morgan fingerprint density at radius 1 is 0.333 bits per heavy atom. The molecule has 2 heterocycles. The van der Waals surface area contributed by atoms with Gasteiger partial charge in [-0.3, -0.25) is 0 Å². The molecule has 7 unspecified atom stereocenters. The number of aromatic nitrogens is 1. The first kappa shape index (κ1) is 41.2. The third kappa shape index (κ3) is 5.21. The molecule has 2 nitrogen and oxygen atoms in total. The second-order valence-corrected chi connectivity index (χ2v) is 23.7. The molecule has 356 valence electrons. The van der Waals surface area contributed by atoms with E-state index in [1.165, 1.54) is 85.6 Å². The molecule has 10 aromatic carbocycles. The van der Waals surface area contributed by atoms with Crippen molar-refractivity contribution in [1.82, 2.24) is 4.57 Å². The van der Waals surface area contributed by atoms with E-state index >= 15 is 0 Å². The van der Waals surface area contributed by atoms with Gasteiger partial charge >= 0.3 is 0 Å². The molecule has 6 aliphatic carbocycles. The zero-order valence-electron chi connectivity index (χ0n) is 41.8. The summed E-state index contributed by atoms with van der Waals surface area (Å²) in [5, 5.41) is 4.82. The summed E-state index contributed by atoms with van der Waals surface area (Å²) >= 11 is 0. The number of rotatable bonds is 2. The lowest BCUT2D eigenvalue weighted by atomic mass is 9.32. The van der Waals surface area contributed by atoms with Crippen molar-refractivity contribution in [2.24, 2.45) is 5.92 Å². The molecule has 6 bridgehead atoms. The van der Waals surface area contributed by atoms with Crippen LogP contribution in [0, 0.1) is 5.92 Å². The minimum Gasteiger partial charge on any atom is -0.456 e. The minimum atomic E-state index is -0.142. The molecule has 6 aliphatic rings. The largest absolute Gasteiger partial charge is 0.456 e. The molecule has 0 N–H and O–H groups in total. The van der Waals surface area contributed by atoms with Crippen LogP contribution in [0.3, 0.4) is 0 Å². The SMILES string of the molecule is c1ccc(-n2c3ccc(-c4cccc5c4-c4ccccc4C4CC67CC(CC89CC(CC5(C4)C86)c4ccccc4-c4ccccc49)c4ccccc4-c4ccccc47)cc3c3cc4c(cc32)oc2ccccc24)cc1. The van der Waals surface area contributed by atoms with Gasteiger partial charge in [0.25, 0.3) is 0 Å². The van der Waals surface area contributed by atoms with E-state index in [-0.39, 0.29) is 16.2 Å². The maximum atomic E-state index is 6.58. The number of para-hydroxylation sites is 2. The lowest BCUT2D eigenvalue weighted by molar-refractivity contribution is -0.0788. The van der Waals surface area contributed by atoms with E-state index in [4.69, 9.17) is 4.42 Å².